The average Bonchev–Trinajstić information content (AvgIpc) is 2.33. The van der Waals surface area contributed by atoms with Gasteiger partial charge in [0.2, 0.25) is 5.91 Å². The molecule has 1 saturated carbocycles. The molecule has 0 aromatic rings. The van der Waals surface area contributed by atoms with E-state index < -0.39 is 24.9 Å². The van der Waals surface area contributed by atoms with Crippen LogP contribution in [0.5, 0.6) is 0 Å². The third-order valence-corrected chi connectivity index (χ3v) is 3.50. The monoisotopic (exact) mass is 267 g/mol. The van der Waals surface area contributed by atoms with Gasteiger partial charge in [-0.05, 0) is 24.7 Å². The molecule has 0 heterocycles. The largest absolute Gasteiger partial charge is 0.396 e. The van der Waals surface area contributed by atoms with Crippen molar-refractivity contribution in [2.24, 2.45) is 11.8 Å². The maximum Gasteiger partial charge on any atom is 0.389 e. The van der Waals surface area contributed by atoms with Gasteiger partial charge in [-0.15, -0.1) is 0 Å². The number of rotatable bonds is 5. The predicted octanol–water partition coefficient (Wildman–Crippen LogP) is 2.24. The summed E-state index contributed by atoms with van der Waals surface area (Å²) in [5.74, 6) is -0.199. The van der Waals surface area contributed by atoms with Crippen LogP contribution in [0.15, 0.2) is 0 Å². The minimum absolute atomic E-state index is 0.0864. The Morgan fingerprint density at radius 2 is 1.83 bits per heavy atom. The first-order chi connectivity index (χ1) is 8.42. The minimum atomic E-state index is -4.28. The number of hydrogen-bond donors (Lipinski definition) is 2. The molecule has 106 valence electrons. The van der Waals surface area contributed by atoms with E-state index in [0.717, 1.165) is 25.7 Å². The number of amides is 1. The van der Waals surface area contributed by atoms with Crippen molar-refractivity contribution in [3.8, 4) is 0 Å². The SMILES string of the molecule is O=C(CCC(F)(F)F)NCC1CCCCC1CO. The molecule has 0 aliphatic heterocycles. The summed E-state index contributed by atoms with van der Waals surface area (Å²) in [7, 11) is 0. The molecule has 1 rings (SSSR count). The zero-order chi connectivity index (χ0) is 13.6. The fourth-order valence-electron chi connectivity index (χ4n) is 2.38. The number of nitrogens with one attached hydrogen (secondary N) is 1. The highest BCUT2D eigenvalue weighted by atomic mass is 19.4. The first kappa shape index (κ1) is 15.3. The highest BCUT2D eigenvalue weighted by Crippen LogP contribution is 2.29. The molecule has 0 spiro atoms. The van der Waals surface area contributed by atoms with Crippen LogP contribution in [-0.4, -0.2) is 30.3 Å². The van der Waals surface area contributed by atoms with E-state index >= 15 is 0 Å². The first-order valence-electron chi connectivity index (χ1n) is 6.36. The van der Waals surface area contributed by atoms with Crippen LogP contribution in [0, 0.1) is 11.8 Å². The molecule has 0 saturated heterocycles. The third kappa shape index (κ3) is 5.71. The van der Waals surface area contributed by atoms with E-state index in [2.05, 4.69) is 5.32 Å². The fraction of sp³-hybridized carbons (Fsp3) is 0.917. The summed E-state index contributed by atoms with van der Waals surface area (Å²) in [5.41, 5.74) is 0. The Balaban J connectivity index is 2.24. The summed E-state index contributed by atoms with van der Waals surface area (Å²) < 4.78 is 35.7. The molecule has 6 heteroatoms. The van der Waals surface area contributed by atoms with E-state index in [1.165, 1.54) is 0 Å². The lowest BCUT2D eigenvalue weighted by molar-refractivity contribution is -0.144. The molecule has 1 fully saturated rings. The summed E-state index contributed by atoms with van der Waals surface area (Å²) in [5, 5.41) is 11.7. The Hall–Kier alpha value is -0.780. The number of carbonyl (C=O) groups is 1. The van der Waals surface area contributed by atoms with Gasteiger partial charge in [0, 0.05) is 19.6 Å². The van der Waals surface area contributed by atoms with Gasteiger partial charge < -0.3 is 10.4 Å². The normalized spacial score (nSPS) is 24.9. The third-order valence-electron chi connectivity index (χ3n) is 3.50. The quantitative estimate of drug-likeness (QED) is 0.802. The number of alkyl halides is 3. The van der Waals surface area contributed by atoms with Crippen molar-refractivity contribution in [2.75, 3.05) is 13.2 Å². The van der Waals surface area contributed by atoms with E-state index in [4.69, 9.17) is 0 Å². The van der Waals surface area contributed by atoms with Crippen molar-refractivity contribution in [2.45, 2.75) is 44.7 Å². The van der Waals surface area contributed by atoms with Crippen LogP contribution in [0.4, 0.5) is 13.2 Å². The van der Waals surface area contributed by atoms with Crippen molar-refractivity contribution in [3.05, 3.63) is 0 Å². The van der Waals surface area contributed by atoms with Gasteiger partial charge in [0.15, 0.2) is 0 Å². The first-order valence-corrected chi connectivity index (χ1v) is 6.36. The smallest absolute Gasteiger partial charge is 0.389 e. The van der Waals surface area contributed by atoms with Crippen molar-refractivity contribution < 1.29 is 23.1 Å². The molecular weight excluding hydrogens is 247 g/mol. The predicted molar refractivity (Wildman–Crippen MR) is 60.8 cm³/mol. The van der Waals surface area contributed by atoms with Gasteiger partial charge in [-0.25, -0.2) is 0 Å². The van der Waals surface area contributed by atoms with Gasteiger partial charge in [-0.3, -0.25) is 4.79 Å². The standard InChI is InChI=1S/C12H20F3NO2/c13-12(14,15)6-5-11(18)16-7-9-3-1-2-4-10(9)8-17/h9-10,17H,1-8H2,(H,16,18). The number of carbonyl (C=O) groups excluding carboxylic acids is 1. The molecule has 2 atom stereocenters. The van der Waals surface area contributed by atoms with Gasteiger partial charge in [0.1, 0.15) is 0 Å². The molecule has 0 aromatic heterocycles. The Bertz CT molecular complexity index is 269. The van der Waals surface area contributed by atoms with Crippen LogP contribution in [0.1, 0.15) is 38.5 Å². The van der Waals surface area contributed by atoms with Crippen LogP contribution in [0.25, 0.3) is 0 Å². The van der Waals surface area contributed by atoms with Crippen LogP contribution < -0.4 is 5.32 Å². The van der Waals surface area contributed by atoms with Gasteiger partial charge in [-0.2, -0.15) is 13.2 Å². The van der Waals surface area contributed by atoms with E-state index in [0.29, 0.717) is 6.54 Å². The Labute approximate surface area is 105 Å². The topological polar surface area (TPSA) is 49.3 Å². The molecule has 0 radical (unpaired) electrons. The number of hydrogen-bond acceptors (Lipinski definition) is 2. The van der Waals surface area contributed by atoms with Gasteiger partial charge in [0.05, 0.1) is 6.42 Å². The van der Waals surface area contributed by atoms with Crippen molar-refractivity contribution >= 4 is 5.91 Å². The van der Waals surface area contributed by atoms with Gasteiger partial charge >= 0.3 is 6.18 Å². The molecule has 1 aliphatic carbocycles. The highest BCUT2D eigenvalue weighted by Gasteiger charge is 2.28. The zero-order valence-corrected chi connectivity index (χ0v) is 10.3. The molecule has 1 amide bonds. The van der Waals surface area contributed by atoms with Crippen LogP contribution in [0.2, 0.25) is 0 Å². The molecule has 3 nitrogen and oxygen atoms in total. The summed E-state index contributed by atoms with van der Waals surface area (Å²) >= 11 is 0. The molecule has 1 aliphatic rings. The van der Waals surface area contributed by atoms with Crippen LogP contribution >= 0.6 is 0 Å². The van der Waals surface area contributed by atoms with E-state index in [1.807, 2.05) is 0 Å². The Morgan fingerprint density at radius 1 is 1.22 bits per heavy atom. The summed E-state index contributed by atoms with van der Waals surface area (Å²) in [4.78, 5) is 11.3. The molecule has 2 unspecified atom stereocenters. The molecular formula is C12H20F3NO2. The van der Waals surface area contributed by atoms with Crippen molar-refractivity contribution in [3.63, 3.8) is 0 Å². The van der Waals surface area contributed by atoms with Crippen LogP contribution in [0.3, 0.4) is 0 Å². The number of halogens is 3. The van der Waals surface area contributed by atoms with E-state index in [9.17, 15) is 23.1 Å². The van der Waals surface area contributed by atoms with E-state index in [1.54, 1.807) is 0 Å². The van der Waals surface area contributed by atoms with Crippen LogP contribution in [-0.2, 0) is 4.79 Å². The molecule has 0 bridgehead atoms. The molecule has 2 N–H and O–H groups in total. The number of aliphatic hydroxyl groups is 1. The average molecular weight is 267 g/mol. The fourth-order valence-corrected chi connectivity index (χ4v) is 2.38. The van der Waals surface area contributed by atoms with Gasteiger partial charge in [-0.1, -0.05) is 12.8 Å². The molecule has 0 aromatic carbocycles. The second-order valence-electron chi connectivity index (χ2n) is 4.91. The lowest BCUT2D eigenvalue weighted by Crippen LogP contribution is -2.35. The lowest BCUT2D eigenvalue weighted by Gasteiger charge is -2.30. The van der Waals surface area contributed by atoms with Crippen molar-refractivity contribution in [1.82, 2.24) is 5.32 Å². The van der Waals surface area contributed by atoms with E-state index in [-0.39, 0.29) is 18.4 Å². The minimum Gasteiger partial charge on any atom is -0.396 e. The summed E-state index contributed by atoms with van der Waals surface area (Å²) in [6, 6.07) is 0. The Kier molecular flexibility index (Phi) is 5.91. The second-order valence-corrected chi connectivity index (χ2v) is 4.91. The van der Waals surface area contributed by atoms with Gasteiger partial charge in [0.25, 0.3) is 0 Å². The zero-order valence-electron chi connectivity index (χ0n) is 10.3. The maximum atomic E-state index is 11.9. The molecule has 18 heavy (non-hydrogen) atoms. The summed E-state index contributed by atoms with van der Waals surface area (Å²) in [6.45, 7) is 0.463. The maximum absolute atomic E-state index is 11.9. The Morgan fingerprint density at radius 3 is 2.39 bits per heavy atom. The highest BCUT2D eigenvalue weighted by molar-refractivity contribution is 5.75. The van der Waals surface area contributed by atoms with Crippen molar-refractivity contribution in [1.29, 1.82) is 0 Å². The lowest BCUT2D eigenvalue weighted by atomic mass is 9.79. The summed E-state index contributed by atoms with van der Waals surface area (Å²) in [6.07, 6.45) is -1.89. The number of aliphatic hydroxyl groups excluding tert-OH is 1. The second kappa shape index (κ2) is 6.97.